The first kappa shape index (κ1) is 12.1. The van der Waals surface area contributed by atoms with Crippen molar-refractivity contribution in [1.29, 1.82) is 0 Å². The van der Waals surface area contributed by atoms with Crippen molar-refractivity contribution in [2.45, 2.75) is 32.8 Å². The number of carbonyl (C=O) groups is 1. The minimum atomic E-state index is -0.500. The van der Waals surface area contributed by atoms with Crippen LogP contribution < -0.4 is 0 Å². The fraction of sp³-hybridized carbons (Fsp3) is 0.400. The fourth-order valence-corrected chi connectivity index (χ4v) is 2.32. The Morgan fingerprint density at radius 1 is 1.41 bits per heavy atom. The highest BCUT2D eigenvalue weighted by atomic mass is 16.3. The van der Waals surface area contributed by atoms with Crippen LogP contribution in [-0.4, -0.2) is 10.9 Å². The Kier molecular flexibility index (Phi) is 3.43. The minimum Gasteiger partial charge on any atom is -0.388 e. The number of Topliss-reactive ketones (excluding diaryl/α,β-unsaturated/α-hetero) is 1. The van der Waals surface area contributed by atoms with Crippen molar-refractivity contribution >= 4 is 5.78 Å². The summed E-state index contributed by atoms with van der Waals surface area (Å²) in [5.74, 6) is 0.0956. The van der Waals surface area contributed by atoms with Gasteiger partial charge in [-0.05, 0) is 32.3 Å². The van der Waals surface area contributed by atoms with E-state index in [1.54, 1.807) is 0 Å². The molecule has 0 fully saturated rings. The Morgan fingerprint density at radius 2 is 2.12 bits per heavy atom. The van der Waals surface area contributed by atoms with Gasteiger partial charge in [0.1, 0.15) is 0 Å². The summed E-state index contributed by atoms with van der Waals surface area (Å²) in [4.78, 5) is 12.2. The van der Waals surface area contributed by atoms with Crippen molar-refractivity contribution in [3.05, 3.63) is 47.0 Å². The van der Waals surface area contributed by atoms with Crippen molar-refractivity contribution < 1.29 is 9.90 Å². The van der Waals surface area contributed by atoms with Crippen LogP contribution in [-0.2, 0) is 0 Å². The number of hydrogen-bond acceptors (Lipinski definition) is 2. The van der Waals surface area contributed by atoms with Gasteiger partial charge >= 0.3 is 0 Å². The first-order valence-corrected chi connectivity index (χ1v) is 6.04. The molecule has 1 unspecified atom stereocenters. The van der Waals surface area contributed by atoms with E-state index in [9.17, 15) is 9.90 Å². The zero-order valence-corrected chi connectivity index (χ0v) is 10.3. The van der Waals surface area contributed by atoms with E-state index in [-0.39, 0.29) is 11.7 Å². The number of fused-ring (bicyclic) bond motifs is 1. The number of benzene rings is 1. The molecule has 0 heterocycles. The van der Waals surface area contributed by atoms with Gasteiger partial charge in [0.25, 0.3) is 0 Å². The van der Waals surface area contributed by atoms with Crippen LogP contribution in [0.5, 0.6) is 0 Å². The van der Waals surface area contributed by atoms with Gasteiger partial charge in [0.05, 0.1) is 6.10 Å². The van der Waals surface area contributed by atoms with Gasteiger partial charge in [0, 0.05) is 11.5 Å². The largest absolute Gasteiger partial charge is 0.388 e. The van der Waals surface area contributed by atoms with Gasteiger partial charge in [-0.3, -0.25) is 4.79 Å². The molecule has 0 bridgehead atoms. The molecule has 1 aliphatic carbocycles. The van der Waals surface area contributed by atoms with Gasteiger partial charge in [0.2, 0.25) is 0 Å². The molecule has 1 N–H and O–H groups in total. The van der Waals surface area contributed by atoms with E-state index in [1.165, 1.54) is 5.57 Å². The Bertz CT molecular complexity index is 456. The van der Waals surface area contributed by atoms with E-state index in [0.717, 1.165) is 12.0 Å². The maximum atomic E-state index is 12.2. The second kappa shape index (κ2) is 4.84. The third kappa shape index (κ3) is 2.47. The molecule has 0 amide bonds. The van der Waals surface area contributed by atoms with Crippen LogP contribution in [0.25, 0.3) is 0 Å². The lowest BCUT2D eigenvalue weighted by Crippen LogP contribution is -2.25. The summed E-state index contributed by atoms with van der Waals surface area (Å²) in [5, 5.41) is 10.0. The van der Waals surface area contributed by atoms with E-state index >= 15 is 0 Å². The van der Waals surface area contributed by atoms with Crippen molar-refractivity contribution in [1.82, 2.24) is 0 Å². The Balaban J connectivity index is 2.27. The van der Waals surface area contributed by atoms with Gasteiger partial charge in [-0.15, -0.1) is 0 Å². The third-order valence-electron chi connectivity index (χ3n) is 3.27. The zero-order valence-electron chi connectivity index (χ0n) is 10.3. The maximum Gasteiger partial charge on any atom is 0.166 e. The lowest BCUT2D eigenvalue weighted by atomic mass is 9.79. The normalized spacial score (nSPS) is 23.1. The summed E-state index contributed by atoms with van der Waals surface area (Å²) in [7, 11) is 0. The summed E-state index contributed by atoms with van der Waals surface area (Å²) in [6.07, 6.45) is 2.84. The molecule has 2 heteroatoms. The first-order valence-electron chi connectivity index (χ1n) is 6.04. The zero-order chi connectivity index (χ0) is 12.4. The van der Waals surface area contributed by atoms with Crippen molar-refractivity contribution in [3.8, 4) is 0 Å². The molecule has 2 nitrogen and oxygen atoms in total. The molecule has 0 aliphatic heterocycles. The SMILES string of the molecule is CC(C)=CCC1C[C@@H](O)c2ccccc2C1=O. The summed E-state index contributed by atoms with van der Waals surface area (Å²) in [6.45, 7) is 4.05. The smallest absolute Gasteiger partial charge is 0.166 e. The summed E-state index contributed by atoms with van der Waals surface area (Å²) in [6, 6.07) is 7.38. The van der Waals surface area contributed by atoms with E-state index in [1.807, 2.05) is 38.1 Å². The molecule has 0 radical (unpaired) electrons. The number of rotatable bonds is 2. The standard InChI is InChI=1S/C15H18O2/c1-10(2)7-8-11-9-14(16)12-5-3-4-6-13(12)15(11)17/h3-7,11,14,16H,8-9H2,1-2H3/t11?,14-/m1/s1. The van der Waals surface area contributed by atoms with E-state index < -0.39 is 6.10 Å². The minimum absolute atomic E-state index is 0.0743. The molecular formula is C15H18O2. The number of carbonyl (C=O) groups excluding carboxylic acids is 1. The van der Waals surface area contributed by atoms with Crippen molar-refractivity contribution in [2.24, 2.45) is 5.92 Å². The maximum absolute atomic E-state index is 12.2. The van der Waals surface area contributed by atoms with Gasteiger partial charge in [-0.2, -0.15) is 0 Å². The summed E-state index contributed by atoms with van der Waals surface area (Å²) in [5.41, 5.74) is 2.69. The van der Waals surface area contributed by atoms with Gasteiger partial charge < -0.3 is 5.11 Å². The Labute approximate surface area is 102 Å². The average molecular weight is 230 g/mol. The highest BCUT2D eigenvalue weighted by molar-refractivity contribution is 6.00. The van der Waals surface area contributed by atoms with Crippen LogP contribution in [0, 0.1) is 5.92 Å². The highest BCUT2D eigenvalue weighted by Crippen LogP contribution is 2.34. The molecule has 0 saturated heterocycles. The molecule has 0 aromatic heterocycles. The van der Waals surface area contributed by atoms with Crippen molar-refractivity contribution in [2.75, 3.05) is 0 Å². The topological polar surface area (TPSA) is 37.3 Å². The molecule has 1 aromatic rings. The quantitative estimate of drug-likeness (QED) is 0.792. The number of allylic oxidation sites excluding steroid dienone is 2. The summed E-state index contributed by atoms with van der Waals surface area (Å²) >= 11 is 0. The summed E-state index contributed by atoms with van der Waals surface area (Å²) < 4.78 is 0. The van der Waals surface area contributed by atoms with Crippen LogP contribution in [0.1, 0.15) is 48.7 Å². The Morgan fingerprint density at radius 3 is 2.82 bits per heavy atom. The van der Waals surface area contributed by atoms with Crippen LogP contribution in [0.4, 0.5) is 0 Å². The molecule has 1 aliphatic rings. The average Bonchev–Trinajstić information content (AvgIpc) is 2.32. The van der Waals surface area contributed by atoms with E-state index in [4.69, 9.17) is 0 Å². The van der Waals surface area contributed by atoms with Gasteiger partial charge in [0.15, 0.2) is 5.78 Å². The lowest BCUT2D eigenvalue weighted by molar-refractivity contribution is 0.0777. The number of aliphatic hydroxyl groups excluding tert-OH is 1. The Hall–Kier alpha value is -1.41. The monoisotopic (exact) mass is 230 g/mol. The number of aliphatic hydroxyl groups is 1. The molecular weight excluding hydrogens is 212 g/mol. The van der Waals surface area contributed by atoms with Crippen LogP contribution in [0.3, 0.4) is 0 Å². The number of ketones is 1. The van der Waals surface area contributed by atoms with Crippen LogP contribution in [0.15, 0.2) is 35.9 Å². The first-order chi connectivity index (χ1) is 8.09. The molecule has 17 heavy (non-hydrogen) atoms. The molecule has 1 aromatic carbocycles. The predicted octanol–water partition coefficient (Wildman–Crippen LogP) is 3.28. The van der Waals surface area contributed by atoms with Crippen molar-refractivity contribution in [3.63, 3.8) is 0 Å². The number of hydrogen-bond donors (Lipinski definition) is 1. The molecule has 0 saturated carbocycles. The van der Waals surface area contributed by atoms with E-state index in [2.05, 4.69) is 6.08 Å². The van der Waals surface area contributed by atoms with Crippen LogP contribution >= 0.6 is 0 Å². The second-order valence-electron chi connectivity index (χ2n) is 4.92. The third-order valence-corrected chi connectivity index (χ3v) is 3.27. The molecule has 2 atom stereocenters. The van der Waals surface area contributed by atoms with Gasteiger partial charge in [-0.25, -0.2) is 0 Å². The fourth-order valence-electron chi connectivity index (χ4n) is 2.32. The van der Waals surface area contributed by atoms with Gasteiger partial charge in [-0.1, -0.05) is 35.9 Å². The molecule has 90 valence electrons. The second-order valence-corrected chi connectivity index (χ2v) is 4.92. The predicted molar refractivity (Wildman–Crippen MR) is 67.9 cm³/mol. The van der Waals surface area contributed by atoms with E-state index in [0.29, 0.717) is 12.0 Å². The van der Waals surface area contributed by atoms with Crippen LogP contribution in [0.2, 0.25) is 0 Å². The lowest BCUT2D eigenvalue weighted by Gasteiger charge is -2.26. The molecule has 0 spiro atoms. The molecule has 2 rings (SSSR count). The highest BCUT2D eigenvalue weighted by Gasteiger charge is 2.31.